The molecule has 1 atom stereocenters. The van der Waals surface area contributed by atoms with E-state index in [9.17, 15) is 26.9 Å². The maximum atomic E-state index is 13.5. The standard InChI is InChI=1S/C26H31F3N2O5S/c27-26(28,29)25-4-1-2-9-31(25)23-8-7-21-16-20(5-6-22(21)18-23)17-24(19-30)37(33,34)15-3-11-35-13-14-36-12-10-32/h5-8,16-18,25,32H,1-4,9-15H2/b24-17+. The Balaban J connectivity index is 1.68. The van der Waals surface area contributed by atoms with Crippen molar-refractivity contribution in [2.75, 3.05) is 50.2 Å². The number of benzene rings is 2. The summed E-state index contributed by atoms with van der Waals surface area (Å²) in [7, 11) is -3.82. The number of ether oxygens (including phenoxy) is 2. The van der Waals surface area contributed by atoms with E-state index in [-0.39, 0.29) is 49.9 Å². The van der Waals surface area contributed by atoms with Crippen LogP contribution in [0.1, 0.15) is 31.2 Å². The molecule has 1 heterocycles. The Bertz CT molecular complexity index is 1220. The van der Waals surface area contributed by atoms with Crippen molar-refractivity contribution in [3.05, 3.63) is 46.9 Å². The number of sulfone groups is 1. The lowest BCUT2D eigenvalue weighted by molar-refractivity contribution is -0.152. The van der Waals surface area contributed by atoms with Crippen molar-refractivity contribution < 1.29 is 36.2 Å². The monoisotopic (exact) mass is 540 g/mol. The number of halogens is 3. The molecule has 0 spiro atoms. The Morgan fingerprint density at radius 1 is 1.08 bits per heavy atom. The molecule has 0 aliphatic carbocycles. The van der Waals surface area contributed by atoms with E-state index >= 15 is 0 Å². The number of nitriles is 1. The molecule has 3 rings (SSSR count). The molecule has 0 saturated carbocycles. The van der Waals surface area contributed by atoms with Crippen LogP contribution < -0.4 is 4.90 Å². The van der Waals surface area contributed by atoms with Crippen molar-refractivity contribution in [1.29, 1.82) is 5.26 Å². The fourth-order valence-corrected chi connectivity index (χ4v) is 5.46. The number of alkyl halides is 3. The molecule has 2 aromatic carbocycles. The Kier molecular flexibility index (Phi) is 10.3. The van der Waals surface area contributed by atoms with Crippen molar-refractivity contribution in [2.24, 2.45) is 0 Å². The zero-order chi connectivity index (χ0) is 26.9. The molecular formula is C26H31F3N2O5S. The SMILES string of the molecule is N#C/C(=C\c1ccc2cc(N3CCCCC3C(F)(F)F)ccc2c1)S(=O)(=O)CCCOCCOCCO. The number of aliphatic hydroxyl groups is 1. The Labute approximate surface area is 215 Å². The van der Waals surface area contributed by atoms with Crippen LogP contribution >= 0.6 is 0 Å². The molecule has 37 heavy (non-hydrogen) atoms. The molecule has 11 heteroatoms. The van der Waals surface area contributed by atoms with Crippen LogP contribution in [-0.4, -0.2) is 71.1 Å². The molecule has 7 nitrogen and oxygen atoms in total. The van der Waals surface area contributed by atoms with Gasteiger partial charge in [-0.1, -0.05) is 18.2 Å². The molecule has 1 N–H and O–H groups in total. The molecule has 0 amide bonds. The van der Waals surface area contributed by atoms with Gasteiger partial charge < -0.3 is 19.5 Å². The number of fused-ring (bicyclic) bond motifs is 1. The van der Waals surface area contributed by atoms with Gasteiger partial charge in [-0.15, -0.1) is 0 Å². The number of nitrogens with zero attached hydrogens (tertiary/aromatic N) is 2. The summed E-state index contributed by atoms with van der Waals surface area (Å²) in [6.07, 6.45) is -1.48. The summed E-state index contributed by atoms with van der Waals surface area (Å²) in [6.45, 7) is 1.21. The minimum atomic E-state index is -4.30. The van der Waals surface area contributed by atoms with Gasteiger partial charge in [0, 0.05) is 18.8 Å². The first kappa shape index (κ1) is 28.9. The van der Waals surface area contributed by atoms with Gasteiger partial charge in [0.25, 0.3) is 0 Å². The fraction of sp³-hybridized carbons (Fsp3) is 0.500. The Morgan fingerprint density at radius 2 is 1.78 bits per heavy atom. The van der Waals surface area contributed by atoms with Gasteiger partial charge in [0.1, 0.15) is 17.0 Å². The minimum absolute atomic E-state index is 0.0713. The molecule has 1 aliphatic heterocycles. The van der Waals surface area contributed by atoms with Gasteiger partial charge in [-0.25, -0.2) is 8.42 Å². The van der Waals surface area contributed by atoms with Crippen LogP contribution in [0.25, 0.3) is 16.8 Å². The lowest BCUT2D eigenvalue weighted by Gasteiger charge is -2.38. The summed E-state index contributed by atoms with van der Waals surface area (Å²) < 4.78 is 76.2. The second-order valence-electron chi connectivity index (χ2n) is 8.78. The molecule has 0 radical (unpaired) electrons. The van der Waals surface area contributed by atoms with E-state index in [1.165, 1.54) is 11.0 Å². The summed E-state index contributed by atoms with van der Waals surface area (Å²) in [4.78, 5) is 1.04. The predicted octanol–water partition coefficient (Wildman–Crippen LogP) is 4.46. The average Bonchev–Trinajstić information content (AvgIpc) is 2.87. The number of aliphatic hydroxyl groups excluding tert-OH is 1. The molecule has 1 aliphatic rings. The summed E-state index contributed by atoms with van der Waals surface area (Å²) in [5.74, 6) is -0.253. The molecule has 0 bridgehead atoms. The third-order valence-electron chi connectivity index (χ3n) is 6.11. The second kappa shape index (κ2) is 13.2. The largest absolute Gasteiger partial charge is 0.408 e. The van der Waals surface area contributed by atoms with E-state index in [4.69, 9.17) is 14.6 Å². The topological polar surface area (TPSA) is 99.9 Å². The van der Waals surface area contributed by atoms with Crippen LogP contribution in [0.3, 0.4) is 0 Å². The van der Waals surface area contributed by atoms with Crippen molar-refractivity contribution >= 4 is 32.4 Å². The van der Waals surface area contributed by atoms with Crippen LogP contribution in [0.5, 0.6) is 0 Å². The van der Waals surface area contributed by atoms with Gasteiger partial charge in [-0.05, 0) is 66.3 Å². The van der Waals surface area contributed by atoms with Crippen LogP contribution in [0.15, 0.2) is 41.3 Å². The summed E-state index contributed by atoms with van der Waals surface area (Å²) >= 11 is 0. The first-order chi connectivity index (χ1) is 17.7. The van der Waals surface area contributed by atoms with Crippen LogP contribution in [-0.2, 0) is 19.3 Å². The van der Waals surface area contributed by atoms with Gasteiger partial charge in [-0.3, -0.25) is 0 Å². The second-order valence-corrected chi connectivity index (χ2v) is 10.9. The van der Waals surface area contributed by atoms with E-state index in [1.54, 1.807) is 42.5 Å². The highest BCUT2D eigenvalue weighted by Crippen LogP contribution is 2.36. The van der Waals surface area contributed by atoms with Gasteiger partial charge in [0.15, 0.2) is 9.84 Å². The highest BCUT2D eigenvalue weighted by Gasteiger charge is 2.44. The smallest absolute Gasteiger partial charge is 0.394 e. The van der Waals surface area contributed by atoms with Gasteiger partial charge in [-0.2, -0.15) is 18.4 Å². The fourth-order valence-electron chi connectivity index (χ4n) is 4.29. The average molecular weight is 541 g/mol. The molecular weight excluding hydrogens is 509 g/mol. The number of allylic oxidation sites excluding steroid dienone is 1. The van der Waals surface area contributed by atoms with E-state index in [0.29, 0.717) is 37.2 Å². The highest BCUT2D eigenvalue weighted by atomic mass is 32.2. The van der Waals surface area contributed by atoms with E-state index in [0.717, 1.165) is 10.8 Å². The molecule has 202 valence electrons. The van der Waals surface area contributed by atoms with E-state index in [2.05, 4.69) is 0 Å². The molecule has 1 unspecified atom stereocenters. The number of hydrogen-bond acceptors (Lipinski definition) is 7. The van der Waals surface area contributed by atoms with Crippen molar-refractivity contribution in [3.8, 4) is 6.07 Å². The van der Waals surface area contributed by atoms with E-state index in [1.807, 2.05) is 0 Å². The van der Waals surface area contributed by atoms with Crippen LogP contribution in [0.2, 0.25) is 0 Å². The van der Waals surface area contributed by atoms with Crippen molar-refractivity contribution in [3.63, 3.8) is 0 Å². The predicted molar refractivity (Wildman–Crippen MR) is 136 cm³/mol. The minimum Gasteiger partial charge on any atom is -0.394 e. The summed E-state index contributed by atoms with van der Waals surface area (Å²) in [6, 6.07) is 10.4. The first-order valence-corrected chi connectivity index (χ1v) is 13.8. The quantitative estimate of drug-likeness (QED) is 0.314. The van der Waals surface area contributed by atoms with Crippen LogP contribution in [0.4, 0.5) is 18.9 Å². The highest BCUT2D eigenvalue weighted by molar-refractivity contribution is 7.95. The maximum Gasteiger partial charge on any atom is 0.408 e. The van der Waals surface area contributed by atoms with Gasteiger partial charge in [0.2, 0.25) is 0 Å². The molecule has 2 aromatic rings. The lowest BCUT2D eigenvalue weighted by atomic mass is 9.99. The molecule has 1 saturated heterocycles. The lowest BCUT2D eigenvalue weighted by Crippen LogP contribution is -2.48. The van der Waals surface area contributed by atoms with E-state index < -0.39 is 22.1 Å². The number of hydrogen-bond donors (Lipinski definition) is 1. The maximum absolute atomic E-state index is 13.5. The molecule has 0 aromatic heterocycles. The Hall–Kier alpha value is -2.65. The van der Waals surface area contributed by atoms with Crippen LogP contribution in [0, 0.1) is 11.3 Å². The van der Waals surface area contributed by atoms with Crippen molar-refractivity contribution in [1.82, 2.24) is 0 Å². The summed E-state index contributed by atoms with van der Waals surface area (Å²) in [5, 5.41) is 19.5. The Morgan fingerprint density at radius 3 is 2.49 bits per heavy atom. The third-order valence-corrected chi connectivity index (χ3v) is 7.82. The first-order valence-electron chi connectivity index (χ1n) is 12.1. The number of anilines is 1. The zero-order valence-corrected chi connectivity index (χ0v) is 21.2. The molecule has 1 fully saturated rings. The number of piperidine rings is 1. The zero-order valence-electron chi connectivity index (χ0n) is 20.4. The van der Waals surface area contributed by atoms with Crippen molar-refractivity contribution in [2.45, 2.75) is 37.9 Å². The van der Waals surface area contributed by atoms with Gasteiger partial charge in [0.05, 0.1) is 32.2 Å². The summed E-state index contributed by atoms with van der Waals surface area (Å²) in [5.41, 5.74) is 1.00. The normalized spacial score (nSPS) is 17.2. The third kappa shape index (κ3) is 8.17. The number of rotatable bonds is 12. The van der Waals surface area contributed by atoms with Gasteiger partial charge >= 0.3 is 6.18 Å².